The third-order valence-electron chi connectivity index (χ3n) is 7.44. The van der Waals surface area contributed by atoms with Crippen LogP contribution in [0.5, 0.6) is 0 Å². The van der Waals surface area contributed by atoms with Crippen molar-refractivity contribution in [3.63, 3.8) is 0 Å². The van der Waals surface area contributed by atoms with E-state index in [2.05, 4.69) is 9.24 Å². The van der Waals surface area contributed by atoms with Crippen LogP contribution in [0, 0.1) is 21.7 Å². The Labute approximate surface area is 229 Å². The molecule has 0 bridgehead atoms. The molecule has 0 saturated heterocycles. The zero-order chi connectivity index (χ0) is 29.7. The Morgan fingerprint density at radius 2 is 1.14 bits per heavy atom. The molecule has 0 spiro atoms. The summed E-state index contributed by atoms with van der Waals surface area (Å²) in [5.74, 6) is -0.113. The molecule has 0 N–H and O–H groups in total. The summed E-state index contributed by atoms with van der Waals surface area (Å²) in [6.45, 7) is 24.6. The summed E-state index contributed by atoms with van der Waals surface area (Å²) in [5.41, 5.74) is -3.63. The zero-order valence-corrected chi connectivity index (χ0v) is 27.1. The van der Waals surface area contributed by atoms with Gasteiger partial charge in [-0.2, -0.15) is 0 Å². The van der Waals surface area contributed by atoms with E-state index in [9.17, 15) is 19.2 Å². The van der Waals surface area contributed by atoms with Crippen LogP contribution in [-0.2, 0) is 28.7 Å². The summed E-state index contributed by atoms with van der Waals surface area (Å²) in [4.78, 5) is 49.6. The summed E-state index contributed by atoms with van der Waals surface area (Å²) in [7, 11) is 2.23. The highest BCUT2D eigenvalue weighted by Gasteiger charge is 2.41. The average molecular weight is 543 g/mol. The van der Waals surface area contributed by atoms with Gasteiger partial charge in [0.05, 0.1) is 17.6 Å². The van der Waals surface area contributed by atoms with Crippen LogP contribution in [0.15, 0.2) is 0 Å². The van der Waals surface area contributed by atoms with Crippen LogP contribution in [0.3, 0.4) is 0 Å². The highest BCUT2D eigenvalue weighted by atomic mass is 31.0. The summed E-state index contributed by atoms with van der Waals surface area (Å²) in [6.07, 6.45) is 3.30. The maximum absolute atomic E-state index is 12.9. The van der Waals surface area contributed by atoms with E-state index in [0.29, 0.717) is 45.1 Å². The molecule has 1 atom stereocenters. The van der Waals surface area contributed by atoms with Crippen LogP contribution in [0.4, 0.5) is 0 Å². The standard InChI is InChI=1S/C30H55O6P/c1-21(31)25(2,3)19-27(6,7)23(33)36-30(12,13)17-18-35-29(10,11)16-14-15-22(32)26(4,5)20-28(8,9)24(34)37/h14-20,37H2,1-13H3. The van der Waals surface area contributed by atoms with Crippen molar-refractivity contribution in [1.82, 2.24) is 0 Å². The van der Waals surface area contributed by atoms with Gasteiger partial charge in [-0.1, -0.05) is 50.8 Å². The third-order valence-corrected chi connectivity index (χ3v) is 8.23. The molecule has 0 heterocycles. The molecule has 0 aliphatic rings. The van der Waals surface area contributed by atoms with E-state index in [1.54, 1.807) is 6.92 Å². The average Bonchev–Trinajstić information content (AvgIpc) is 2.65. The maximum Gasteiger partial charge on any atom is 0.312 e. The lowest BCUT2D eigenvalue weighted by Crippen LogP contribution is -2.40. The predicted molar refractivity (Wildman–Crippen MR) is 153 cm³/mol. The van der Waals surface area contributed by atoms with Crippen LogP contribution >= 0.6 is 9.24 Å². The second-order valence-electron chi connectivity index (χ2n) is 14.6. The highest BCUT2D eigenvalue weighted by Crippen LogP contribution is 2.38. The first kappa shape index (κ1) is 35.9. The van der Waals surface area contributed by atoms with Crippen molar-refractivity contribution in [2.45, 2.75) is 140 Å². The van der Waals surface area contributed by atoms with Gasteiger partial charge in [0, 0.05) is 29.1 Å². The lowest BCUT2D eigenvalue weighted by atomic mass is 9.72. The molecule has 0 aromatic heterocycles. The van der Waals surface area contributed by atoms with Crippen molar-refractivity contribution >= 4 is 32.3 Å². The lowest BCUT2D eigenvalue weighted by Gasteiger charge is -2.35. The van der Waals surface area contributed by atoms with Crippen molar-refractivity contribution in [2.24, 2.45) is 21.7 Å². The topological polar surface area (TPSA) is 86.7 Å². The van der Waals surface area contributed by atoms with Crippen molar-refractivity contribution in [1.29, 1.82) is 0 Å². The van der Waals surface area contributed by atoms with Gasteiger partial charge in [-0.05, 0) is 74.1 Å². The molecule has 0 saturated carbocycles. The number of carbonyl (C=O) groups is 4. The lowest BCUT2D eigenvalue weighted by molar-refractivity contribution is -0.171. The number of ketones is 2. The molecule has 0 radical (unpaired) electrons. The fourth-order valence-corrected chi connectivity index (χ4v) is 4.79. The van der Waals surface area contributed by atoms with Gasteiger partial charge in [-0.25, -0.2) is 0 Å². The van der Waals surface area contributed by atoms with Crippen LogP contribution in [0.25, 0.3) is 0 Å². The largest absolute Gasteiger partial charge is 0.459 e. The van der Waals surface area contributed by atoms with E-state index in [1.807, 2.05) is 83.1 Å². The number of Topliss-reactive ketones (excluding diaryl/α,β-unsaturated/α-hetero) is 2. The molecule has 6 nitrogen and oxygen atoms in total. The smallest absolute Gasteiger partial charge is 0.312 e. The second kappa shape index (κ2) is 12.8. The normalized spacial score (nSPS) is 13.9. The van der Waals surface area contributed by atoms with E-state index < -0.39 is 32.9 Å². The van der Waals surface area contributed by atoms with E-state index >= 15 is 0 Å². The van der Waals surface area contributed by atoms with Gasteiger partial charge in [0.2, 0.25) is 0 Å². The summed E-state index contributed by atoms with van der Waals surface area (Å²) in [6, 6.07) is 0. The van der Waals surface area contributed by atoms with E-state index in [0.717, 1.165) is 0 Å². The molecule has 0 amide bonds. The Morgan fingerprint density at radius 3 is 1.59 bits per heavy atom. The van der Waals surface area contributed by atoms with Gasteiger partial charge in [0.1, 0.15) is 17.2 Å². The summed E-state index contributed by atoms with van der Waals surface area (Å²) < 4.78 is 12.0. The molecule has 0 aromatic carbocycles. The molecule has 37 heavy (non-hydrogen) atoms. The molecular formula is C30H55O6P. The van der Waals surface area contributed by atoms with Gasteiger partial charge in [0.15, 0.2) is 5.52 Å². The van der Waals surface area contributed by atoms with Gasteiger partial charge >= 0.3 is 5.97 Å². The van der Waals surface area contributed by atoms with Crippen LogP contribution < -0.4 is 0 Å². The number of hydrogen-bond acceptors (Lipinski definition) is 6. The minimum atomic E-state index is -0.786. The monoisotopic (exact) mass is 542 g/mol. The minimum absolute atomic E-state index is 0.0139. The molecule has 0 aromatic rings. The zero-order valence-electron chi connectivity index (χ0n) is 26.0. The predicted octanol–water partition coefficient (Wildman–Crippen LogP) is 7.11. The van der Waals surface area contributed by atoms with E-state index in [-0.39, 0.29) is 23.1 Å². The molecule has 0 fully saturated rings. The number of ether oxygens (including phenoxy) is 2. The van der Waals surface area contributed by atoms with E-state index in [1.165, 1.54) is 0 Å². The first-order valence-electron chi connectivity index (χ1n) is 13.5. The van der Waals surface area contributed by atoms with Crippen molar-refractivity contribution < 1.29 is 28.7 Å². The first-order chi connectivity index (χ1) is 16.3. The van der Waals surface area contributed by atoms with Crippen LogP contribution in [-0.4, -0.2) is 40.9 Å². The first-order valence-corrected chi connectivity index (χ1v) is 14.1. The molecule has 216 valence electrons. The van der Waals surface area contributed by atoms with Crippen molar-refractivity contribution in [3.8, 4) is 0 Å². The fourth-order valence-electron chi connectivity index (χ4n) is 4.69. The van der Waals surface area contributed by atoms with Crippen molar-refractivity contribution in [2.75, 3.05) is 6.61 Å². The maximum atomic E-state index is 12.9. The Hall–Kier alpha value is -1.13. The number of carbonyl (C=O) groups excluding carboxylic acids is 4. The second-order valence-corrected chi connectivity index (χ2v) is 15.1. The molecule has 1 unspecified atom stereocenters. The van der Waals surface area contributed by atoms with Crippen LogP contribution in [0.2, 0.25) is 0 Å². The van der Waals surface area contributed by atoms with E-state index in [4.69, 9.17) is 9.47 Å². The molecule has 0 rings (SSSR count). The van der Waals surface area contributed by atoms with Gasteiger partial charge in [0.25, 0.3) is 0 Å². The Balaban J connectivity index is 4.77. The van der Waals surface area contributed by atoms with Crippen LogP contribution in [0.1, 0.15) is 129 Å². The summed E-state index contributed by atoms with van der Waals surface area (Å²) >= 11 is 0. The quantitative estimate of drug-likeness (QED) is 0.144. The Bertz CT molecular complexity index is 833. The molecular weight excluding hydrogens is 487 g/mol. The number of esters is 1. The van der Waals surface area contributed by atoms with Crippen molar-refractivity contribution in [3.05, 3.63) is 0 Å². The minimum Gasteiger partial charge on any atom is -0.459 e. The van der Waals surface area contributed by atoms with Gasteiger partial charge in [-0.3, -0.25) is 19.2 Å². The third kappa shape index (κ3) is 12.5. The van der Waals surface area contributed by atoms with Gasteiger partial charge < -0.3 is 9.47 Å². The number of rotatable bonds is 17. The molecule has 0 aliphatic heterocycles. The molecule has 0 aliphatic carbocycles. The highest BCUT2D eigenvalue weighted by molar-refractivity contribution is 7.40. The van der Waals surface area contributed by atoms with Gasteiger partial charge in [-0.15, -0.1) is 0 Å². The Morgan fingerprint density at radius 1 is 0.649 bits per heavy atom. The SMILES string of the molecule is CC(=O)C(C)(C)CC(C)(C)C(=O)OC(C)(C)CCOC(C)(C)CCCC(=O)C(C)(C)CC(C)(C)C(=O)P. The molecule has 7 heteroatoms. The fraction of sp³-hybridized carbons (Fsp3) is 0.867. The Kier molecular flexibility index (Phi) is 12.4. The summed E-state index contributed by atoms with van der Waals surface area (Å²) in [5, 5.41) is 0. The number of hydrogen-bond donors (Lipinski definition) is 0.